The number of carbonyl (C=O) groups is 1. The van der Waals surface area contributed by atoms with Gasteiger partial charge < -0.3 is 15.3 Å². The maximum absolute atomic E-state index is 10.3. The molecule has 1 aromatic carbocycles. The van der Waals surface area contributed by atoms with Crippen molar-refractivity contribution in [3.05, 3.63) is 29.8 Å². The van der Waals surface area contributed by atoms with Crippen LogP contribution in [0.4, 0.5) is 5.69 Å². The number of benzene rings is 1. The molecule has 82 valence electrons. The van der Waals surface area contributed by atoms with Crippen LogP contribution in [0.25, 0.3) is 0 Å². The number of hydrogen-bond acceptors (Lipinski definition) is 4. The molecule has 0 aliphatic heterocycles. The Morgan fingerprint density at radius 2 is 1.94 bits per heavy atom. The molecular weight excluding hydrogens is 215 g/mol. The molecule has 0 fully saturated rings. The van der Waals surface area contributed by atoms with E-state index in [0.717, 1.165) is 5.69 Å². The van der Waals surface area contributed by atoms with Crippen LogP contribution >= 0.6 is 0 Å². The Bertz CT molecular complexity index is 327. The molecule has 5 heteroatoms. The van der Waals surface area contributed by atoms with Crippen LogP contribution in [0.1, 0.15) is 18.9 Å². The molecule has 1 atom stereocenters. The van der Waals surface area contributed by atoms with E-state index in [-0.39, 0.29) is 42.0 Å². The van der Waals surface area contributed by atoms with Gasteiger partial charge in [-0.2, -0.15) is 0 Å². The van der Waals surface area contributed by atoms with Crippen LogP contribution in [0.15, 0.2) is 24.3 Å². The second-order valence-corrected chi connectivity index (χ2v) is 3.61. The molecule has 0 bridgehead atoms. The first-order valence-corrected chi connectivity index (χ1v) is 4.86. The summed E-state index contributed by atoms with van der Waals surface area (Å²) in [7, 11) is 0. The maximum atomic E-state index is 10.3. The van der Waals surface area contributed by atoms with Gasteiger partial charge >= 0.3 is 29.6 Å². The summed E-state index contributed by atoms with van der Waals surface area (Å²) in [5.41, 5.74) is 7.91. The molecule has 0 aliphatic carbocycles. The number of carboxylic acids is 1. The summed E-state index contributed by atoms with van der Waals surface area (Å²) in [4.78, 5) is 10.3. The van der Waals surface area contributed by atoms with Crippen molar-refractivity contribution >= 4 is 11.7 Å². The Morgan fingerprint density at radius 3 is 2.44 bits per heavy atom. The molecule has 16 heavy (non-hydrogen) atoms. The Hall–Kier alpha value is -0.550. The molecule has 0 saturated carbocycles. The number of nitrogens with one attached hydrogen (secondary N) is 2. The normalized spacial score (nSPS) is 11.4. The summed E-state index contributed by atoms with van der Waals surface area (Å²) in [6, 6.07) is 7.64. The van der Waals surface area contributed by atoms with Gasteiger partial charge in [-0.05, 0) is 26.0 Å². The smallest absolute Gasteiger partial charge is 0.550 e. The summed E-state index contributed by atoms with van der Waals surface area (Å²) in [6.45, 7) is 3.78. The predicted octanol–water partition coefficient (Wildman–Crippen LogP) is -2.56. The van der Waals surface area contributed by atoms with Crippen LogP contribution in [-0.2, 0) is 4.79 Å². The summed E-state index contributed by atoms with van der Waals surface area (Å²) in [5.74, 6) is -1.05. The van der Waals surface area contributed by atoms with Crippen molar-refractivity contribution in [2.24, 2.45) is 0 Å². The Balaban J connectivity index is 0.00000225. The van der Waals surface area contributed by atoms with Crippen molar-refractivity contribution in [2.75, 3.05) is 5.43 Å². The average Bonchev–Trinajstić information content (AvgIpc) is 2.16. The van der Waals surface area contributed by atoms with Gasteiger partial charge in [-0.25, -0.2) is 5.43 Å². The van der Waals surface area contributed by atoms with Gasteiger partial charge in [-0.15, -0.1) is 0 Å². The molecule has 0 saturated heterocycles. The molecule has 0 aliphatic rings. The minimum atomic E-state index is -1.05. The Kier molecular flexibility index (Phi) is 7.42. The first-order chi connectivity index (χ1) is 7.08. The van der Waals surface area contributed by atoms with E-state index in [1.165, 1.54) is 5.56 Å². The molecule has 1 aromatic rings. The van der Waals surface area contributed by atoms with Crippen LogP contribution in [-0.4, -0.2) is 12.0 Å². The van der Waals surface area contributed by atoms with E-state index in [4.69, 9.17) is 0 Å². The number of rotatable bonds is 5. The molecule has 0 heterocycles. The van der Waals surface area contributed by atoms with E-state index >= 15 is 0 Å². The molecule has 0 aromatic heterocycles. The van der Waals surface area contributed by atoms with E-state index in [0.29, 0.717) is 0 Å². The number of anilines is 1. The van der Waals surface area contributed by atoms with Gasteiger partial charge in [0.15, 0.2) is 0 Å². The van der Waals surface area contributed by atoms with Crippen LogP contribution in [0.2, 0.25) is 0 Å². The van der Waals surface area contributed by atoms with Crippen molar-refractivity contribution in [1.82, 2.24) is 5.43 Å². The van der Waals surface area contributed by atoms with E-state index in [9.17, 15) is 9.90 Å². The van der Waals surface area contributed by atoms with E-state index in [1.807, 2.05) is 31.2 Å². The van der Waals surface area contributed by atoms with Crippen LogP contribution < -0.4 is 45.5 Å². The minimum absolute atomic E-state index is 0. The molecule has 4 nitrogen and oxygen atoms in total. The van der Waals surface area contributed by atoms with Gasteiger partial charge in [-0.1, -0.05) is 17.7 Å². The molecule has 1 rings (SSSR count). The molecule has 0 amide bonds. The number of hydrogen-bond donors (Lipinski definition) is 2. The second-order valence-electron chi connectivity index (χ2n) is 3.61. The number of carbonyl (C=O) groups excluding carboxylic acids is 1. The summed E-state index contributed by atoms with van der Waals surface area (Å²) >= 11 is 0. The van der Waals surface area contributed by atoms with Gasteiger partial charge in [-0.3, -0.25) is 0 Å². The number of aliphatic carboxylic acids is 1. The first-order valence-electron chi connectivity index (χ1n) is 4.86. The van der Waals surface area contributed by atoms with Crippen LogP contribution in [0, 0.1) is 6.92 Å². The summed E-state index contributed by atoms with van der Waals surface area (Å²) in [6.07, 6.45) is -0.0150. The van der Waals surface area contributed by atoms with Gasteiger partial charge in [0.1, 0.15) is 0 Å². The molecule has 0 radical (unpaired) electrons. The largest absolute Gasteiger partial charge is 1.00 e. The second kappa shape index (κ2) is 7.68. The zero-order chi connectivity index (χ0) is 11.3. The number of aryl methyl sites for hydroxylation is 1. The predicted molar refractivity (Wildman–Crippen MR) is 57.0 cm³/mol. The fourth-order valence-corrected chi connectivity index (χ4v) is 1.14. The third kappa shape index (κ3) is 6.12. The SMILES string of the molecule is Cc1ccc(NNC(C)CC(=O)[O-])cc1.[Na+]. The monoisotopic (exact) mass is 230 g/mol. The fraction of sp³-hybridized carbons (Fsp3) is 0.364. The third-order valence-electron chi connectivity index (χ3n) is 1.99. The third-order valence-corrected chi connectivity index (χ3v) is 1.99. The van der Waals surface area contributed by atoms with Gasteiger partial charge in [0.2, 0.25) is 0 Å². The first kappa shape index (κ1) is 15.4. The van der Waals surface area contributed by atoms with Crippen LogP contribution in [0.5, 0.6) is 0 Å². The Morgan fingerprint density at radius 1 is 1.38 bits per heavy atom. The van der Waals surface area contributed by atoms with E-state index in [2.05, 4.69) is 10.9 Å². The standard InChI is InChI=1S/C11H16N2O2.Na/c1-8-3-5-10(6-4-8)13-12-9(2)7-11(14)15;/h3-6,9,12-13H,7H2,1-2H3,(H,14,15);/q;+1/p-1. The van der Waals surface area contributed by atoms with Crippen molar-refractivity contribution in [2.45, 2.75) is 26.3 Å². The molecule has 1 unspecified atom stereocenters. The zero-order valence-corrected chi connectivity index (χ0v) is 11.9. The molecule has 2 N–H and O–H groups in total. The van der Waals surface area contributed by atoms with Gasteiger partial charge in [0.25, 0.3) is 0 Å². The number of hydrazine groups is 1. The van der Waals surface area contributed by atoms with Crippen LogP contribution in [0.3, 0.4) is 0 Å². The number of carboxylic acid groups (broad SMARTS) is 1. The van der Waals surface area contributed by atoms with Crippen molar-refractivity contribution in [3.8, 4) is 0 Å². The van der Waals surface area contributed by atoms with Crippen molar-refractivity contribution in [3.63, 3.8) is 0 Å². The fourth-order valence-electron chi connectivity index (χ4n) is 1.14. The van der Waals surface area contributed by atoms with E-state index in [1.54, 1.807) is 6.92 Å². The maximum Gasteiger partial charge on any atom is 1.00 e. The van der Waals surface area contributed by atoms with Crippen molar-refractivity contribution < 1.29 is 39.5 Å². The zero-order valence-electron chi connectivity index (χ0n) is 9.91. The van der Waals surface area contributed by atoms with Crippen molar-refractivity contribution in [1.29, 1.82) is 0 Å². The average molecular weight is 230 g/mol. The summed E-state index contributed by atoms with van der Waals surface area (Å²) in [5, 5.41) is 10.3. The quantitative estimate of drug-likeness (QED) is 0.431. The molecule has 0 spiro atoms. The molecular formula is C11H15N2NaO2. The van der Waals surface area contributed by atoms with E-state index < -0.39 is 5.97 Å². The minimum Gasteiger partial charge on any atom is -0.550 e. The van der Waals surface area contributed by atoms with Gasteiger partial charge in [0.05, 0.1) is 0 Å². The Labute approximate surface area is 118 Å². The topological polar surface area (TPSA) is 64.2 Å². The summed E-state index contributed by atoms with van der Waals surface area (Å²) < 4.78 is 0. The van der Waals surface area contributed by atoms with Gasteiger partial charge in [0, 0.05) is 24.1 Å².